The Bertz CT molecular complexity index is 268. The molecule has 3 nitrogen and oxygen atoms in total. The van der Waals surface area contributed by atoms with Gasteiger partial charge < -0.3 is 9.88 Å². The molecule has 0 aliphatic rings. The maximum atomic E-state index is 4.30. The van der Waals surface area contributed by atoms with E-state index in [9.17, 15) is 0 Å². The maximum absolute atomic E-state index is 4.30. The monoisotopic (exact) mass is 209 g/mol. The van der Waals surface area contributed by atoms with Gasteiger partial charge in [0.05, 0.1) is 0 Å². The van der Waals surface area contributed by atoms with Gasteiger partial charge in [-0.25, -0.2) is 4.98 Å². The van der Waals surface area contributed by atoms with E-state index in [-0.39, 0.29) is 0 Å². The van der Waals surface area contributed by atoms with Crippen molar-refractivity contribution in [1.29, 1.82) is 0 Å². The van der Waals surface area contributed by atoms with E-state index in [2.05, 4.69) is 24.1 Å². The van der Waals surface area contributed by atoms with Crippen LogP contribution in [0.4, 0.5) is 5.95 Å². The zero-order valence-corrected chi connectivity index (χ0v) is 10.2. The first-order valence-electron chi connectivity index (χ1n) is 6.01. The standard InChI is InChI=1S/C12H23N3/c1-4-6-8-11(7-5-2)14-12-13-9-10-15(12)3/h9-11H,4-8H2,1-3H3,(H,13,14). The molecule has 0 fully saturated rings. The van der Waals surface area contributed by atoms with Gasteiger partial charge in [-0.15, -0.1) is 0 Å². The van der Waals surface area contributed by atoms with Crippen molar-refractivity contribution in [3.05, 3.63) is 12.4 Å². The first kappa shape index (κ1) is 12.1. The fourth-order valence-electron chi connectivity index (χ4n) is 1.77. The highest BCUT2D eigenvalue weighted by atomic mass is 15.2. The van der Waals surface area contributed by atoms with E-state index in [4.69, 9.17) is 0 Å². The largest absolute Gasteiger partial charge is 0.353 e. The Morgan fingerprint density at radius 2 is 2.13 bits per heavy atom. The third-order valence-corrected chi connectivity index (χ3v) is 2.70. The molecule has 0 spiro atoms. The molecule has 0 bridgehead atoms. The minimum atomic E-state index is 0.580. The lowest BCUT2D eigenvalue weighted by molar-refractivity contribution is 0.559. The van der Waals surface area contributed by atoms with Crippen molar-refractivity contribution in [2.45, 2.75) is 52.0 Å². The van der Waals surface area contributed by atoms with Gasteiger partial charge >= 0.3 is 0 Å². The van der Waals surface area contributed by atoms with Crippen molar-refractivity contribution in [2.24, 2.45) is 7.05 Å². The second-order valence-corrected chi connectivity index (χ2v) is 4.13. The zero-order valence-electron chi connectivity index (χ0n) is 10.2. The molecule has 0 aliphatic heterocycles. The molecule has 1 rings (SSSR count). The fraction of sp³-hybridized carbons (Fsp3) is 0.750. The van der Waals surface area contributed by atoms with E-state index in [1.54, 1.807) is 0 Å². The van der Waals surface area contributed by atoms with E-state index in [1.165, 1.54) is 32.1 Å². The lowest BCUT2D eigenvalue weighted by Crippen LogP contribution is -2.21. The van der Waals surface area contributed by atoms with Gasteiger partial charge in [0.25, 0.3) is 0 Å². The average molecular weight is 209 g/mol. The van der Waals surface area contributed by atoms with Crippen LogP contribution in [0.5, 0.6) is 0 Å². The van der Waals surface area contributed by atoms with Crippen LogP contribution in [0.2, 0.25) is 0 Å². The molecule has 0 amide bonds. The highest BCUT2D eigenvalue weighted by Gasteiger charge is 2.08. The SMILES string of the molecule is CCCCC(CCC)Nc1nccn1C. The molecule has 1 aromatic rings. The third-order valence-electron chi connectivity index (χ3n) is 2.70. The Labute approximate surface area is 92.9 Å². The number of hydrogen-bond donors (Lipinski definition) is 1. The van der Waals surface area contributed by atoms with Gasteiger partial charge in [-0.1, -0.05) is 33.1 Å². The van der Waals surface area contributed by atoms with Crippen LogP contribution in [-0.2, 0) is 7.05 Å². The predicted molar refractivity (Wildman–Crippen MR) is 65.1 cm³/mol. The van der Waals surface area contributed by atoms with E-state index >= 15 is 0 Å². The number of aromatic nitrogens is 2. The third kappa shape index (κ3) is 3.94. The van der Waals surface area contributed by atoms with Gasteiger partial charge in [-0.05, 0) is 12.8 Å². The Kier molecular flexibility index (Phi) is 5.22. The first-order valence-corrected chi connectivity index (χ1v) is 6.01. The number of rotatable bonds is 7. The van der Waals surface area contributed by atoms with Crippen LogP contribution >= 0.6 is 0 Å². The van der Waals surface area contributed by atoms with Crippen LogP contribution in [0.15, 0.2) is 12.4 Å². The lowest BCUT2D eigenvalue weighted by Gasteiger charge is -2.18. The molecule has 1 atom stereocenters. The van der Waals surface area contributed by atoms with Crippen LogP contribution in [0.1, 0.15) is 46.0 Å². The molecule has 15 heavy (non-hydrogen) atoms. The van der Waals surface area contributed by atoms with Crippen LogP contribution < -0.4 is 5.32 Å². The number of hydrogen-bond acceptors (Lipinski definition) is 2. The summed E-state index contributed by atoms with van der Waals surface area (Å²) in [6, 6.07) is 0.580. The van der Waals surface area contributed by atoms with Gasteiger partial charge in [-0.2, -0.15) is 0 Å². The molecule has 86 valence electrons. The number of aryl methyl sites for hydroxylation is 1. The summed E-state index contributed by atoms with van der Waals surface area (Å²) < 4.78 is 2.04. The average Bonchev–Trinajstić information content (AvgIpc) is 2.61. The van der Waals surface area contributed by atoms with Gasteiger partial charge in [0.15, 0.2) is 0 Å². The van der Waals surface area contributed by atoms with Crippen molar-refractivity contribution < 1.29 is 0 Å². The molecule has 0 aromatic carbocycles. The van der Waals surface area contributed by atoms with E-state index < -0.39 is 0 Å². The summed E-state index contributed by atoms with van der Waals surface area (Å²) in [6.07, 6.45) is 10.1. The van der Waals surface area contributed by atoms with Crippen molar-refractivity contribution >= 4 is 5.95 Å². The summed E-state index contributed by atoms with van der Waals surface area (Å²) in [5.41, 5.74) is 0. The molecule has 1 heterocycles. The Morgan fingerprint density at radius 1 is 1.33 bits per heavy atom. The van der Waals surface area contributed by atoms with Gasteiger partial charge in [0.1, 0.15) is 0 Å². The van der Waals surface area contributed by atoms with Crippen LogP contribution in [-0.4, -0.2) is 15.6 Å². The first-order chi connectivity index (χ1) is 7.27. The van der Waals surface area contributed by atoms with Crippen molar-refractivity contribution in [3.63, 3.8) is 0 Å². The quantitative estimate of drug-likeness (QED) is 0.747. The molecule has 3 heteroatoms. The molecule has 0 aliphatic carbocycles. The highest BCUT2D eigenvalue weighted by molar-refractivity contribution is 5.26. The maximum Gasteiger partial charge on any atom is 0.202 e. The summed E-state index contributed by atoms with van der Waals surface area (Å²) in [6.45, 7) is 4.48. The van der Waals surface area contributed by atoms with Crippen LogP contribution in [0.3, 0.4) is 0 Å². The summed E-state index contributed by atoms with van der Waals surface area (Å²) in [4.78, 5) is 4.30. The van der Waals surface area contributed by atoms with Crippen molar-refractivity contribution in [1.82, 2.24) is 9.55 Å². The predicted octanol–water partition coefficient (Wildman–Crippen LogP) is 3.19. The van der Waals surface area contributed by atoms with Crippen LogP contribution in [0, 0.1) is 0 Å². The van der Waals surface area contributed by atoms with E-state index in [0.29, 0.717) is 6.04 Å². The number of imidazole rings is 1. The van der Waals surface area contributed by atoms with Crippen molar-refractivity contribution in [3.8, 4) is 0 Å². The smallest absolute Gasteiger partial charge is 0.202 e. The molecule has 0 saturated carbocycles. The molecule has 1 aromatic heterocycles. The Hall–Kier alpha value is -0.990. The zero-order chi connectivity index (χ0) is 11.1. The number of nitrogens with zero attached hydrogens (tertiary/aromatic N) is 2. The minimum Gasteiger partial charge on any atom is -0.353 e. The molecule has 0 radical (unpaired) electrons. The summed E-state index contributed by atoms with van der Waals surface area (Å²) in [7, 11) is 2.03. The van der Waals surface area contributed by atoms with E-state index in [0.717, 1.165) is 5.95 Å². The second-order valence-electron chi connectivity index (χ2n) is 4.13. The fourth-order valence-corrected chi connectivity index (χ4v) is 1.77. The molecular formula is C12H23N3. The molecular weight excluding hydrogens is 186 g/mol. The normalized spacial score (nSPS) is 12.7. The molecule has 1 N–H and O–H groups in total. The summed E-state index contributed by atoms with van der Waals surface area (Å²) in [5.74, 6) is 0.990. The lowest BCUT2D eigenvalue weighted by atomic mass is 10.1. The Balaban J connectivity index is 2.46. The van der Waals surface area contributed by atoms with Gasteiger partial charge in [0.2, 0.25) is 5.95 Å². The van der Waals surface area contributed by atoms with Crippen LogP contribution in [0.25, 0.3) is 0 Å². The van der Waals surface area contributed by atoms with E-state index in [1.807, 2.05) is 24.0 Å². The molecule has 0 saturated heterocycles. The minimum absolute atomic E-state index is 0.580. The number of nitrogens with one attached hydrogen (secondary N) is 1. The van der Waals surface area contributed by atoms with Crippen molar-refractivity contribution in [2.75, 3.05) is 5.32 Å². The molecule has 1 unspecified atom stereocenters. The van der Waals surface area contributed by atoms with Gasteiger partial charge in [-0.3, -0.25) is 0 Å². The van der Waals surface area contributed by atoms with Gasteiger partial charge in [0, 0.05) is 25.5 Å². The summed E-state index contributed by atoms with van der Waals surface area (Å²) in [5, 5.41) is 3.51. The summed E-state index contributed by atoms with van der Waals surface area (Å²) >= 11 is 0. The topological polar surface area (TPSA) is 29.9 Å². The highest BCUT2D eigenvalue weighted by Crippen LogP contribution is 2.12. The second kappa shape index (κ2) is 6.49. The number of unbranched alkanes of at least 4 members (excludes halogenated alkanes) is 1. The Morgan fingerprint density at radius 3 is 2.67 bits per heavy atom. The number of anilines is 1.